The number of aryl methyl sites for hydroxylation is 2. The zero-order valence-corrected chi connectivity index (χ0v) is 13.3. The van der Waals surface area contributed by atoms with Crippen molar-refractivity contribution in [3.8, 4) is 5.75 Å². The van der Waals surface area contributed by atoms with Crippen molar-refractivity contribution in [2.45, 2.75) is 26.9 Å². The number of fused-ring (bicyclic) bond motifs is 1. The Labute approximate surface area is 134 Å². The molecular formula is C18H18N2O3. The first-order chi connectivity index (χ1) is 10.9. The van der Waals surface area contributed by atoms with Crippen molar-refractivity contribution in [2.24, 2.45) is 0 Å². The predicted octanol–water partition coefficient (Wildman–Crippen LogP) is 3.28. The minimum atomic E-state index is -0.515. The third kappa shape index (κ3) is 3.04. The minimum Gasteiger partial charge on any atom is -0.479 e. The summed E-state index contributed by atoms with van der Waals surface area (Å²) in [6, 6.07) is 10.8. The Hall–Kier alpha value is -2.82. The van der Waals surface area contributed by atoms with Crippen LogP contribution in [-0.2, 0) is 4.79 Å². The molecule has 2 aromatic rings. The molecule has 3 rings (SSSR count). The Kier molecular flexibility index (Phi) is 3.78. The molecule has 0 radical (unpaired) electrons. The summed E-state index contributed by atoms with van der Waals surface area (Å²) >= 11 is 0. The van der Waals surface area contributed by atoms with Gasteiger partial charge in [0.15, 0.2) is 6.10 Å². The van der Waals surface area contributed by atoms with E-state index in [4.69, 9.17) is 4.74 Å². The number of hydrogen-bond acceptors (Lipinski definition) is 3. The van der Waals surface area contributed by atoms with Crippen LogP contribution in [0.25, 0.3) is 0 Å². The van der Waals surface area contributed by atoms with Gasteiger partial charge in [0.25, 0.3) is 11.8 Å². The lowest BCUT2D eigenvalue weighted by Crippen LogP contribution is -2.34. The van der Waals surface area contributed by atoms with Crippen LogP contribution in [0.1, 0.15) is 28.4 Å². The van der Waals surface area contributed by atoms with Gasteiger partial charge in [-0.05, 0) is 62.2 Å². The molecule has 2 amide bonds. The van der Waals surface area contributed by atoms with Crippen LogP contribution in [0.3, 0.4) is 0 Å². The zero-order chi connectivity index (χ0) is 16.6. The second-order valence-corrected chi connectivity index (χ2v) is 5.71. The average molecular weight is 310 g/mol. The van der Waals surface area contributed by atoms with Gasteiger partial charge in [0.1, 0.15) is 5.75 Å². The van der Waals surface area contributed by atoms with Crippen molar-refractivity contribution in [3.05, 3.63) is 53.1 Å². The maximum atomic E-state index is 12.3. The summed E-state index contributed by atoms with van der Waals surface area (Å²) < 4.78 is 5.49. The normalized spacial score (nSPS) is 16.1. The molecule has 2 N–H and O–H groups in total. The number of anilines is 2. The SMILES string of the molecule is Cc1ccc(C(=O)Nc2ccc3c(c2)NC(=O)[C@H](C)O3)cc1C. The zero-order valence-electron chi connectivity index (χ0n) is 13.3. The number of amides is 2. The Morgan fingerprint density at radius 3 is 2.65 bits per heavy atom. The van der Waals surface area contributed by atoms with Crippen molar-refractivity contribution in [3.63, 3.8) is 0 Å². The fraction of sp³-hybridized carbons (Fsp3) is 0.222. The molecule has 5 heteroatoms. The van der Waals surface area contributed by atoms with Gasteiger partial charge >= 0.3 is 0 Å². The highest BCUT2D eigenvalue weighted by molar-refractivity contribution is 6.05. The van der Waals surface area contributed by atoms with E-state index >= 15 is 0 Å². The van der Waals surface area contributed by atoms with Gasteiger partial charge in [-0.3, -0.25) is 9.59 Å². The summed E-state index contributed by atoms with van der Waals surface area (Å²) in [5, 5.41) is 5.60. The summed E-state index contributed by atoms with van der Waals surface area (Å²) in [5.74, 6) is 0.209. The lowest BCUT2D eigenvalue weighted by atomic mass is 10.1. The number of carbonyl (C=O) groups is 2. The first-order valence-electron chi connectivity index (χ1n) is 7.44. The number of rotatable bonds is 2. The first kappa shape index (κ1) is 15.1. The van der Waals surface area contributed by atoms with E-state index in [1.807, 2.05) is 26.0 Å². The van der Waals surface area contributed by atoms with Crippen LogP contribution in [0.15, 0.2) is 36.4 Å². The van der Waals surface area contributed by atoms with Crippen LogP contribution < -0.4 is 15.4 Å². The molecule has 5 nitrogen and oxygen atoms in total. The Bertz CT molecular complexity index is 799. The standard InChI is InChI=1S/C18H18N2O3/c1-10-4-5-13(8-11(10)2)18(22)19-14-6-7-16-15(9-14)20-17(21)12(3)23-16/h4-9,12H,1-3H3,(H,19,22)(H,20,21)/t12-/m0/s1. The summed E-state index contributed by atoms with van der Waals surface area (Å²) in [4.78, 5) is 24.0. The van der Waals surface area contributed by atoms with E-state index in [1.54, 1.807) is 31.2 Å². The Balaban J connectivity index is 1.80. The van der Waals surface area contributed by atoms with E-state index in [1.165, 1.54) is 0 Å². The molecule has 1 heterocycles. The maximum Gasteiger partial charge on any atom is 0.265 e. The summed E-state index contributed by atoms with van der Waals surface area (Å²) in [6.45, 7) is 5.66. The smallest absolute Gasteiger partial charge is 0.265 e. The molecular weight excluding hydrogens is 292 g/mol. The first-order valence-corrected chi connectivity index (χ1v) is 7.44. The van der Waals surface area contributed by atoms with Gasteiger partial charge in [0.05, 0.1) is 5.69 Å². The van der Waals surface area contributed by atoms with E-state index in [2.05, 4.69) is 10.6 Å². The summed E-state index contributed by atoms with van der Waals surface area (Å²) in [5.41, 5.74) is 3.97. The van der Waals surface area contributed by atoms with Crippen LogP contribution in [0.5, 0.6) is 5.75 Å². The van der Waals surface area contributed by atoms with Gasteiger partial charge in [-0.25, -0.2) is 0 Å². The number of ether oxygens (including phenoxy) is 1. The summed E-state index contributed by atoms with van der Waals surface area (Å²) in [6.07, 6.45) is -0.515. The molecule has 0 aliphatic carbocycles. The second-order valence-electron chi connectivity index (χ2n) is 5.71. The van der Waals surface area contributed by atoms with Crippen molar-refractivity contribution in [1.82, 2.24) is 0 Å². The molecule has 0 saturated carbocycles. The van der Waals surface area contributed by atoms with E-state index in [0.29, 0.717) is 22.7 Å². The van der Waals surface area contributed by atoms with Gasteiger partial charge < -0.3 is 15.4 Å². The lowest BCUT2D eigenvalue weighted by molar-refractivity contribution is -0.122. The predicted molar refractivity (Wildman–Crippen MR) is 89.0 cm³/mol. The molecule has 1 aliphatic rings. The molecule has 23 heavy (non-hydrogen) atoms. The molecule has 2 aromatic carbocycles. The molecule has 0 saturated heterocycles. The molecule has 1 atom stereocenters. The fourth-order valence-corrected chi connectivity index (χ4v) is 2.37. The van der Waals surface area contributed by atoms with E-state index < -0.39 is 6.10 Å². The largest absolute Gasteiger partial charge is 0.479 e. The third-order valence-corrected chi connectivity index (χ3v) is 3.94. The number of benzene rings is 2. The molecule has 1 aliphatic heterocycles. The third-order valence-electron chi connectivity index (χ3n) is 3.94. The van der Waals surface area contributed by atoms with Gasteiger partial charge in [0.2, 0.25) is 0 Å². The van der Waals surface area contributed by atoms with Crippen LogP contribution in [0.2, 0.25) is 0 Å². The minimum absolute atomic E-state index is 0.190. The highest BCUT2D eigenvalue weighted by Gasteiger charge is 2.23. The van der Waals surface area contributed by atoms with E-state index in [9.17, 15) is 9.59 Å². The van der Waals surface area contributed by atoms with Crippen LogP contribution >= 0.6 is 0 Å². The van der Waals surface area contributed by atoms with Crippen LogP contribution in [0.4, 0.5) is 11.4 Å². The van der Waals surface area contributed by atoms with Crippen LogP contribution in [0, 0.1) is 13.8 Å². The van der Waals surface area contributed by atoms with Crippen molar-refractivity contribution in [2.75, 3.05) is 10.6 Å². The van der Waals surface area contributed by atoms with E-state index in [0.717, 1.165) is 11.1 Å². The monoisotopic (exact) mass is 310 g/mol. The van der Waals surface area contributed by atoms with Crippen molar-refractivity contribution >= 4 is 23.2 Å². The van der Waals surface area contributed by atoms with Crippen molar-refractivity contribution < 1.29 is 14.3 Å². The van der Waals surface area contributed by atoms with Gasteiger partial charge in [-0.2, -0.15) is 0 Å². The molecule has 118 valence electrons. The molecule has 0 spiro atoms. The molecule has 0 bridgehead atoms. The van der Waals surface area contributed by atoms with E-state index in [-0.39, 0.29) is 11.8 Å². The fourth-order valence-electron chi connectivity index (χ4n) is 2.37. The van der Waals surface area contributed by atoms with Gasteiger partial charge in [0, 0.05) is 11.3 Å². The number of nitrogens with one attached hydrogen (secondary N) is 2. The quantitative estimate of drug-likeness (QED) is 0.894. The Morgan fingerprint density at radius 1 is 1.13 bits per heavy atom. The topological polar surface area (TPSA) is 67.4 Å². The molecule has 0 unspecified atom stereocenters. The second kappa shape index (κ2) is 5.76. The molecule has 0 fully saturated rings. The number of hydrogen-bond donors (Lipinski definition) is 2. The lowest BCUT2D eigenvalue weighted by Gasteiger charge is -2.23. The molecule has 0 aromatic heterocycles. The average Bonchev–Trinajstić information content (AvgIpc) is 2.51. The van der Waals surface area contributed by atoms with Crippen LogP contribution in [-0.4, -0.2) is 17.9 Å². The van der Waals surface area contributed by atoms with Crippen molar-refractivity contribution in [1.29, 1.82) is 0 Å². The highest BCUT2D eigenvalue weighted by atomic mass is 16.5. The maximum absolute atomic E-state index is 12.3. The number of carbonyl (C=O) groups excluding carboxylic acids is 2. The summed E-state index contributed by atoms with van der Waals surface area (Å²) in [7, 11) is 0. The highest BCUT2D eigenvalue weighted by Crippen LogP contribution is 2.32. The Morgan fingerprint density at radius 2 is 1.91 bits per heavy atom. The van der Waals surface area contributed by atoms with Gasteiger partial charge in [-0.1, -0.05) is 6.07 Å². The van der Waals surface area contributed by atoms with Gasteiger partial charge in [-0.15, -0.1) is 0 Å².